The first-order valence-corrected chi connectivity index (χ1v) is 12.2. The van der Waals surface area contributed by atoms with Crippen LogP contribution in [-0.2, 0) is 28.9 Å². The van der Waals surface area contributed by atoms with Crippen LogP contribution in [0.25, 0.3) is 0 Å². The summed E-state index contributed by atoms with van der Waals surface area (Å²) in [5.74, 6) is -0.756. The summed E-state index contributed by atoms with van der Waals surface area (Å²) in [7, 11) is 3.33. The summed E-state index contributed by atoms with van der Waals surface area (Å²) in [6, 6.07) is 6.54. The average Bonchev–Trinajstić information content (AvgIpc) is 3.18. The second-order valence-corrected chi connectivity index (χ2v) is 9.10. The minimum absolute atomic E-state index is 0.00709. The maximum absolute atomic E-state index is 12.9. The number of carbonyl (C=O) groups excluding carboxylic acids is 3. The molecule has 2 aromatic rings. The number of nitrogens with zero attached hydrogens (tertiary/aromatic N) is 3. The number of fused-ring (bicyclic) bond motifs is 1. The molecular formula is C26H36N4O5. The molecule has 9 nitrogen and oxygen atoms in total. The predicted molar refractivity (Wildman–Crippen MR) is 132 cm³/mol. The van der Waals surface area contributed by atoms with Crippen molar-refractivity contribution in [3.05, 3.63) is 52.3 Å². The molecule has 0 saturated heterocycles. The van der Waals surface area contributed by atoms with E-state index in [0.29, 0.717) is 56.0 Å². The summed E-state index contributed by atoms with van der Waals surface area (Å²) in [6.45, 7) is 6.61. The summed E-state index contributed by atoms with van der Waals surface area (Å²) in [5, 5.41) is 7.71. The van der Waals surface area contributed by atoms with E-state index in [0.717, 1.165) is 24.1 Å². The van der Waals surface area contributed by atoms with Crippen LogP contribution in [0.5, 0.6) is 0 Å². The van der Waals surface area contributed by atoms with Crippen molar-refractivity contribution in [1.29, 1.82) is 0 Å². The number of aryl methyl sites for hydroxylation is 1. The Morgan fingerprint density at radius 2 is 1.97 bits per heavy atom. The average molecular weight is 485 g/mol. The lowest BCUT2D eigenvalue weighted by atomic mass is 9.99. The van der Waals surface area contributed by atoms with Crippen molar-refractivity contribution in [2.75, 3.05) is 40.5 Å². The van der Waals surface area contributed by atoms with Crippen LogP contribution in [0.2, 0.25) is 0 Å². The molecule has 0 radical (unpaired) electrons. The van der Waals surface area contributed by atoms with Gasteiger partial charge in [0.25, 0.3) is 11.8 Å². The molecule has 2 heterocycles. The molecule has 1 aromatic carbocycles. The summed E-state index contributed by atoms with van der Waals surface area (Å²) >= 11 is 0. The highest BCUT2D eigenvalue weighted by Gasteiger charge is 2.24. The maximum Gasteiger partial charge on any atom is 0.338 e. The third kappa shape index (κ3) is 6.91. The third-order valence-corrected chi connectivity index (χ3v) is 5.91. The molecule has 0 spiro atoms. The van der Waals surface area contributed by atoms with Crippen molar-refractivity contribution in [1.82, 2.24) is 20.0 Å². The quantitative estimate of drug-likeness (QED) is 0.607. The number of ether oxygens (including phenoxy) is 2. The van der Waals surface area contributed by atoms with Gasteiger partial charge in [-0.1, -0.05) is 13.0 Å². The lowest BCUT2D eigenvalue weighted by Crippen LogP contribution is -2.28. The molecule has 1 atom stereocenters. The molecular weight excluding hydrogens is 448 g/mol. The smallest absolute Gasteiger partial charge is 0.338 e. The van der Waals surface area contributed by atoms with Crippen LogP contribution in [0.3, 0.4) is 0 Å². The molecule has 3 rings (SSSR count). The minimum atomic E-state index is -0.472. The molecule has 0 saturated carbocycles. The second kappa shape index (κ2) is 12.5. The Bertz CT molecular complexity index is 1050. The highest BCUT2D eigenvalue weighted by molar-refractivity contribution is 5.97. The number of rotatable bonds is 7. The number of benzene rings is 1. The zero-order valence-electron chi connectivity index (χ0n) is 21.1. The maximum atomic E-state index is 12.9. The normalized spacial score (nSPS) is 15.4. The standard InChI is InChI=1S/C26H36N4O5/c1-5-30-23-21(11-7-13-34-14-8-12-27-24(23)31)22(28-30)15-18(2)17-35-26(33)20-10-6-9-19(16-20)25(32)29(3)4/h6,9-10,16,18H,5,7-8,11-15,17H2,1-4H3,(H,27,31)/t18-/m1/s1. The fraction of sp³-hybridized carbons (Fsp3) is 0.538. The molecule has 1 aliphatic rings. The molecule has 1 aromatic heterocycles. The van der Waals surface area contributed by atoms with Gasteiger partial charge in [0.2, 0.25) is 0 Å². The Morgan fingerprint density at radius 3 is 2.71 bits per heavy atom. The molecule has 2 amide bonds. The van der Waals surface area contributed by atoms with Crippen LogP contribution in [0.15, 0.2) is 24.3 Å². The SMILES string of the molecule is CCn1nc(C[C@@H](C)COC(=O)c2cccc(C(=O)N(C)C)c2)c2c1C(=O)NCCCOCCC2. The summed E-state index contributed by atoms with van der Waals surface area (Å²) in [6.07, 6.45) is 2.88. The minimum Gasteiger partial charge on any atom is -0.462 e. The van der Waals surface area contributed by atoms with Crippen molar-refractivity contribution in [2.24, 2.45) is 5.92 Å². The van der Waals surface area contributed by atoms with E-state index < -0.39 is 5.97 Å². The molecule has 0 unspecified atom stereocenters. The summed E-state index contributed by atoms with van der Waals surface area (Å²) in [4.78, 5) is 39.2. The van der Waals surface area contributed by atoms with Gasteiger partial charge in [-0.05, 0) is 56.7 Å². The third-order valence-electron chi connectivity index (χ3n) is 5.91. The first-order valence-electron chi connectivity index (χ1n) is 12.2. The van der Waals surface area contributed by atoms with Gasteiger partial charge < -0.3 is 19.7 Å². The lowest BCUT2D eigenvalue weighted by Gasteiger charge is -2.13. The van der Waals surface area contributed by atoms with Gasteiger partial charge in [0.15, 0.2) is 0 Å². The largest absolute Gasteiger partial charge is 0.462 e. The number of carbonyl (C=O) groups is 3. The Kier molecular flexibility index (Phi) is 9.42. The first-order chi connectivity index (χ1) is 16.8. The highest BCUT2D eigenvalue weighted by Crippen LogP contribution is 2.21. The van der Waals surface area contributed by atoms with Crippen LogP contribution >= 0.6 is 0 Å². The number of hydrogen-bond acceptors (Lipinski definition) is 6. The summed E-state index contributed by atoms with van der Waals surface area (Å²) in [5.41, 5.74) is 3.20. The molecule has 0 aliphatic carbocycles. The zero-order chi connectivity index (χ0) is 25.4. The van der Waals surface area contributed by atoms with Crippen molar-refractivity contribution in [3.8, 4) is 0 Å². The van der Waals surface area contributed by atoms with Crippen molar-refractivity contribution < 1.29 is 23.9 Å². The van der Waals surface area contributed by atoms with Gasteiger partial charge in [0, 0.05) is 51.5 Å². The van der Waals surface area contributed by atoms with Crippen molar-refractivity contribution in [2.45, 2.75) is 46.1 Å². The van der Waals surface area contributed by atoms with Gasteiger partial charge in [-0.15, -0.1) is 0 Å². The molecule has 1 N–H and O–H groups in total. The van der Waals surface area contributed by atoms with E-state index in [4.69, 9.17) is 14.6 Å². The molecule has 0 fully saturated rings. The van der Waals surface area contributed by atoms with E-state index in [1.807, 2.05) is 13.8 Å². The van der Waals surface area contributed by atoms with E-state index in [1.54, 1.807) is 43.0 Å². The van der Waals surface area contributed by atoms with E-state index in [-0.39, 0.29) is 24.3 Å². The van der Waals surface area contributed by atoms with Gasteiger partial charge in [-0.3, -0.25) is 14.3 Å². The second-order valence-electron chi connectivity index (χ2n) is 9.10. The van der Waals surface area contributed by atoms with Crippen LogP contribution in [0.1, 0.15) is 69.2 Å². The molecule has 0 bridgehead atoms. The van der Waals surface area contributed by atoms with E-state index >= 15 is 0 Å². The number of nitrogens with one attached hydrogen (secondary N) is 1. The van der Waals surface area contributed by atoms with Crippen LogP contribution < -0.4 is 5.32 Å². The van der Waals surface area contributed by atoms with Gasteiger partial charge in [0.1, 0.15) is 5.69 Å². The van der Waals surface area contributed by atoms with Gasteiger partial charge >= 0.3 is 5.97 Å². The van der Waals surface area contributed by atoms with Gasteiger partial charge in [0.05, 0.1) is 17.9 Å². The van der Waals surface area contributed by atoms with E-state index in [1.165, 1.54) is 4.90 Å². The Labute approximate surface area is 206 Å². The Balaban J connectivity index is 1.69. The zero-order valence-corrected chi connectivity index (χ0v) is 21.1. The predicted octanol–water partition coefficient (Wildman–Crippen LogP) is 2.72. The highest BCUT2D eigenvalue weighted by atomic mass is 16.5. The van der Waals surface area contributed by atoms with Gasteiger partial charge in [-0.25, -0.2) is 4.79 Å². The monoisotopic (exact) mass is 484 g/mol. The topological polar surface area (TPSA) is 103 Å². The van der Waals surface area contributed by atoms with Crippen molar-refractivity contribution >= 4 is 17.8 Å². The van der Waals surface area contributed by atoms with Crippen LogP contribution in [0, 0.1) is 5.92 Å². The number of esters is 1. The molecule has 35 heavy (non-hydrogen) atoms. The van der Waals surface area contributed by atoms with Crippen LogP contribution in [0.4, 0.5) is 0 Å². The Morgan fingerprint density at radius 1 is 1.23 bits per heavy atom. The molecule has 9 heteroatoms. The summed E-state index contributed by atoms with van der Waals surface area (Å²) < 4.78 is 13.0. The number of amides is 2. The Hall–Kier alpha value is -3.20. The first kappa shape index (κ1) is 26.4. The lowest BCUT2D eigenvalue weighted by molar-refractivity contribution is 0.0448. The van der Waals surface area contributed by atoms with Gasteiger partial charge in [-0.2, -0.15) is 5.10 Å². The number of hydrogen-bond donors (Lipinski definition) is 1. The van der Waals surface area contributed by atoms with E-state index in [2.05, 4.69) is 5.32 Å². The van der Waals surface area contributed by atoms with E-state index in [9.17, 15) is 14.4 Å². The molecule has 190 valence electrons. The fourth-order valence-electron chi connectivity index (χ4n) is 4.10. The fourth-order valence-corrected chi connectivity index (χ4v) is 4.10. The van der Waals surface area contributed by atoms with Crippen molar-refractivity contribution in [3.63, 3.8) is 0 Å². The van der Waals surface area contributed by atoms with Crippen LogP contribution in [-0.4, -0.2) is 72.9 Å². The number of aromatic nitrogens is 2. The molecule has 1 aliphatic heterocycles.